The van der Waals surface area contributed by atoms with E-state index in [0.29, 0.717) is 30.7 Å². The summed E-state index contributed by atoms with van der Waals surface area (Å²) in [6, 6.07) is 2.65. The molecule has 0 atom stereocenters. The third kappa shape index (κ3) is 4.38. The van der Waals surface area contributed by atoms with Crippen molar-refractivity contribution in [2.45, 2.75) is 58.4 Å². The van der Waals surface area contributed by atoms with Crippen LogP contribution in [-0.2, 0) is 4.79 Å². The molecule has 0 aromatic rings. The van der Waals surface area contributed by atoms with Crippen molar-refractivity contribution in [1.29, 1.82) is 5.26 Å². The predicted octanol–water partition coefficient (Wildman–Crippen LogP) is 2.96. The van der Waals surface area contributed by atoms with Crippen LogP contribution in [0.3, 0.4) is 0 Å². The Hall–Kier alpha value is -1.04. The zero-order chi connectivity index (χ0) is 12.8. The van der Waals surface area contributed by atoms with E-state index in [4.69, 9.17) is 5.26 Å². The maximum absolute atomic E-state index is 11.9. The first-order valence-electron chi connectivity index (χ1n) is 6.67. The van der Waals surface area contributed by atoms with Crippen molar-refractivity contribution in [3.63, 3.8) is 0 Å². The van der Waals surface area contributed by atoms with Gasteiger partial charge in [-0.25, -0.2) is 0 Å². The fourth-order valence-corrected chi connectivity index (χ4v) is 2.56. The Morgan fingerprint density at radius 1 is 1.35 bits per heavy atom. The molecule has 0 aromatic heterocycles. The topological polar surface area (TPSA) is 44.1 Å². The molecular weight excluding hydrogens is 212 g/mol. The van der Waals surface area contributed by atoms with E-state index >= 15 is 0 Å². The molecule has 0 aliphatic heterocycles. The van der Waals surface area contributed by atoms with Crippen LogP contribution in [0, 0.1) is 23.2 Å². The Kier molecular flexibility index (Phi) is 5.47. The van der Waals surface area contributed by atoms with E-state index in [9.17, 15) is 4.79 Å². The summed E-state index contributed by atoms with van der Waals surface area (Å²) in [6.45, 7) is 4.16. The molecule has 1 fully saturated rings. The van der Waals surface area contributed by atoms with Crippen LogP contribution in [0.5, 0.6) is 0 Å². The van der Waals surface area contributed by atoms with Crippen LogP contribution >= 0.6 is 0 Å². The molecule has 0 spiro atoms. The van der Waals surface area contributed by atoms with Crippen molar-refractivity contribution in [1.82, 2.24) is 4.90 Å². The van der Waals surface area contributed by atoms with Gasteiger partial charge in [-0.2, -0.15) is 5.26 Å². The van der Waals surface area contributed by atoms with E-state index < -0.39 is 0 Å². The third-order valence-corrected chi connectivity index (χ3v) is 3.72. The van der Waals surface area contributed by atoms with E-state index in [2.05, 4.69) is 19.9 Å². The number of hydrogen-bond donors (Lipinski definition) is 0. The molecule has 1 saturated carbocycles. The van der Waals surface area contributed by atoms with E-state index in [0.717, 1.165) is 25.7 Å². The summed E-state index contributed by atoms with van der Waals surface area (Å²) in [6.07, 6.45) is 5.64. The molecule has 1 rings (SSSR count). The highest BCUT2D eigenvalue weighted by molar-refractivity contribution is 5.76. The average Bonchev–Trinajstić information content (AvgIpc) is 2.28. The monoisotopic (exact) mass is 236 g/mol. The number of nitrogens with zero attached hydrogens (tertiary/aromatic N) is 2. The van der Waals surface area contributed by atoms with E-state index in [1.807, 2.05) is 11.9 Å². The van der Waals surface area contributed by atoms with Crippen molar-refractivity contribution < 1.29 is 4.79 Å². The molecule has 1 aliphatic rings. The first-order valence-corrected chi connectivity index (χ1v) is 6.67. The zero-order valence-corrected chi connectivity index (χ0v) is 11.3. The second-order valence-corrected chi connectivity index (χ2v) is 5.64. The van der Waals surface area contributed by atoms with Crippen LogP contribution in [0.2, 0.25) is 0 Å². The Labute approximate surface area is 105 Å². The highest BCUT2D eigenvalue weighted by Gasteiger charge is 2.26. The zero-order valence-electron chi connectivity index (χ0n) is 11.3. The van der Waals surface area contributed by atoms with Crippen LogP contribution in [0.1, 0.15) is 52.4 Å². The maximum atomic E-state index is 11.9. The summed E-state index contributed by atoms with van der Waals surface area (Å²) in [5, 5.41) is 8.67. The van der Waals surface area contributed by atoms with Gasteiger partial charge in [-0.3, -0.25) is 4.79 Å². The van der Waals surface area contributed by atoms with E-state index in [-0.39, 0.29) is 5.91 Å². The van der Waals surface area contributed by atoms with Gasteiger partial charge in [-0.15, -0.1) is 0 Å². The lowest BCUT2D eigenvalue weighted by Gasteiger charge is -2.34. The molecule has 1 amide bonds. The van der Waals surface area contributed by atoms with Gasteiger partial charge in [0.05, 0.1) is 6.07 Å². The molecule has 17 heavy (non-hydrogen) atoms. The number of rotatable bonds is 4. The molecule has 0 radical (unpaired) electrons. The molecule has 0 bridgehead atoms. The molecule has 0 heterocycles. The van der Waals surface area contributed by atoms with Crippen molar-refractivity contribution in [2.75, 3.05) is 7.05 Å². The molecule has 0 unspecified atom stereocenters. The van der Waals surface area contributed by atoms with Gasteiger partial charge in [-0.05, 0) is 37.5 Å². The summed E-state index contributed by atoms with van der Waals surface area (Å²) in [5.74, 6) is 1.26. The minimum atomic E-state index is 0.267. The molecule has 3 nitrogen and oxygen atoms in total. The Morgan fingerprint density at radius 3 is 2.41 bits per heavy atom. The maximum Gasteiger partial charge on any atom is 0.222 e. The normalized spacial score (nSPS) is 24.4. The molecular formula is C14H24N2O. The van der Waals surface area contributed by atoms with Crippen molar-refractivity contribution in [3.8, 4) is 6.07 Å². The summed E-state index contributed by atoms with van der Waals surface area (Å²) < 4.78 is 0. The van der Waals surface area contributed by atoms with Gasteiger partial charge in [0.25, 0.3) is 0 Å². The fraction of sp³-hybridized carbons (Fsp3) is 0.857. The second kappa shape index (κ2) is 6.64. The summed E-state index contributed by atoms with van der Waals surface area (Å²) in [5.41, 5.74) is 0. The minimum Gasteiger partial charge on any atom is -0.343 e. The Morgan fingerprint density at radius 2 is 1.94 bits per heavy atom. The van der Waals surface area contributed by atoms with Crippen LogP contribution in [0.25, 0.3) is 0 Å². The number of amides is 1. The molecule has 0 aromatic carbocycles. The van der Waals surface area contributed by atoms with Gasteiger partial charge in [0.1, 0.15) is 0 Å². The van der Waals surface area contributed by atoms with E-state index in [1.54, 1.807) is 0 Å². The lowest BCUT2D eigenvalue weighted by Crippen LogP contribution is -2.39. The van der Waals surface area contributed by atoms with Gasteiger partial charge in [0, 0.05) is 25.9 Å². The number of nitriles is 1. The number of carbonyl (C=O) groups is 1. The number of carbonyl (C=O) groups excluding carboxylic acids is 1. The van der Waals surface area contributed by atoms with Gasteiger partial charge >= 0.3 is 0 Å². The molecule has 0 saturated heterocycles. The van der Waals surface area contributed by atoms with Crippen molar-refractivity contribution in [2.24, 2.45) is 11.8 Å². The number of hydrogen-bond acceptors (Lipinski definition) is 2. The van der Waals surface area contributed by atoms with Crippen LogP contribution < -0.4 is 0 Å². The molecule has 0 N–H and O–H groups in total. The van der Waals surface area contributed by atoms with Crippen molar-refractivity contribution >= 4 is 5.91 Å². The highest BCUT2D eigenvalue weighted by Crippen LogP contribution is 2.29. The third-order valence-electron chi connectivity index (χ3n) is 3.72. The van der Waals surface area contributed by atoms with E-state index in [1.165, 1.54) is 0 Å². The molecule has 1 aliphatic carbocycles. The molecule has 96 valence electrons. The van der Waals surface area contributed by atoms with Crippen molar-refractivity contribution in [3.05, 3.63) is 0 Å². The van der Waals surface area contributed by atoms with Crippen LogP contribution in [0.15, 0.2) is 0 Å². The first-order chi connectivity index (χ1) is 8.04. The predicted molar refractivity (Wildman–Crippen MR) is 68.2 cm³/mol. The largest absolute Gasteiger partial charge is 0.343 e. The summed E-state index contributed by atoms with van der Waals surface area (Å²) in [7, 11) is 1.93. The lowest BCUT2D eigenvalue weighted by atomic mass is 9.84. The first kappa shape index (κ1) is 14.0. The van der Waals surface area contributed by atoms with Crippen LogP contribution in [-0.4, -0.2) is 23.9 Å². The summed E-state index contributed by atoms with van der Waals surface area (Å²) in [4.78, 5) is 13.9. The SMILES string of the molecule is CC(C)CC(=O)N(C)C1CCC(CC#N)CC1. The smallest absolute Gasteiger partial charge is 0.222 e. The minimum absolute atomic E-state index is 0.267. The van der Waals surface area contributed by atoms with Gasteiger partial charge < -0.3 is 4.90 Å². The van der Waals surface area contributed by atoms with Gasteiger partial charge in [0.15, 0.2) is 0 Å². The quantitative estimate of drug-likeness (QED) is 0.753. The van der Waals surface area contributed by atoms with Gasteiger partial charge in [-0.1, -0.05) is 13.8 Å². The Bertz CT molecular complexity index is 285. The standard InChI is InChI=1S/C14H24N2O/c1-11(2)10-14(17)16(3)13-6-4-12(5-7-13)8-9-15/h11-13H,4-8,10H2,1-3H3. The molecule has 3 heteroatoms. The Balaban J connectivity index is 2.38. The summed E-state index contributed by atoms with van der Waals surface area (Å²) >= 11 is 0. The lowest BCUT2D eigenvalue weighted by molar-refractivity contribution is -0.133. The van der Waals surface area contributed by atoms with Gasteiger partial charge in [0.2, 0.25) is 5.91 Å². The second-order valence-electron chi connectivity index (χ2n) is 5.64. The highest BCUT2D eigenvalue weighted by atomic mass is 16.2. The van der Waals surface area contributed by atoms with Crippen LogP contribution in [0.4, 0.5) is 0 Å². The fourth-order valence-electron chi connectivity index (χ4n) is 2.56. The average molecular weight is 236 g/mol.